The van der Waals surface area contributed by atoms with Gasteiger partial charge in [-0.1, -0.05) is 12.1 Å². The maximum Gasteiger partial charge on any atom is 0.250 e. The van der Waals surface area contributed by atoms with Crippen LogP contribution in [0.2, 0.25) is 0 Å². The number of amides is 1. The highest BCUT2D eigenvalue weighted by atomic mass is 32.1. The van der Waals surface area contributed by atoms with E-state index in [1.807, 2.05) is 36.6 Å². The number of ether oxygens (including phenoxy) is 1. The van der Waals surface area contributed by atoms with Gasteiger partial charge in [0, 0.05) is 23.2 Å². The number of nitrogens with one attached hydrogen (secondary N) is 1. The molecule has 2 aromatic rings. The molecule has 0 aliphatic carbocycles. The SMILES string of the molecule is Cc1nc(-c2ccc(NC(=O)COCCN)cc2)cs1. The van der Waals surface area contributed by atoms with Crippen LogP contribution in [0.1, 0.15) is 5.01 Å². The number of rotatable bonds is 6. The summed E-state index contributed by atoms with van der Waals surface area (Å²) >= 11 is 1.62. The minimum absolute atomic E-state index is 0.0181. The Morgan fingerprint density at radius 2 is 2.15 bits per heavy atom. The first-order chi connectivity index (χ1) is 9.69. The predicted molar refractivity (Wildman–Crippen MR) is 80.8 cm³/mol. The third-order valence-corrected chi connectivity index (χ3v) is 3.35. The summed E-state index contributed by atoms with van der Waals surface area (Å²) in [5.74, 6) is -0.185. The molecule has 0 aliphatic heterocycles. The van der Waals surface area contributed by atoms with Gasteiger partial charge in [-0.15, -0.1) is 11.3 Å². The van der Waals surface area contributed by atoms with Crippen LogP contribution in [0.5, 0.6) is 0 Å². The van der Waals surface area contributed by atoms with E-state index in [2.05, 4.69) is 10.3 Å². The summed E-state index contributed by atoms with van der Waals surface area (Å²) in [6.07, 6.45) is 0. The largest absolute Gasteiger partial charge is 0.370 e. The lowest BCUT2D eigenvalue weighted by Gasteiger charge is -2.06. The van der Waals surface area contributed by atoms with Crippen LogP contribution < -0.4 is 11.1 Å². The lowest BCUT2D eigenvalue weighted by Crippen LogP contribution is -2.20. The van der Waals surface area contributed by atoms with Crippen LogP contribution in [0.15, 0.2) is 29.6 Å². The standard InChI is InChI=1S/C14H17N3O2S/c1-10-16-13(9-20-10)11-2-4-12(5-3-11)17-14(18)8-19-7-6-15/h2-5,9H,6-8,15H2,1H3,(H,17,18). The van der Waals surface area contributed by atoms with E-state index >= 15 is 0 Å². The number of benzene rings is 1. The molecule has 106 valence electrons. The zero-order valence-electron chi connectivity index (χ0n) is 11.3. The number of hydrogen-bond donors (Lipinski definition) is 2. The molecule has 0 aliphatic rings. The van der Waals surface area contributed by atoms with E-state index in [9.17, 15) is 4.79 Å². The number of carbonyl (C=O) groups is 1. The smallest absolute Gasteiger partial charge is 0.250 e. The predicted octanol–water partition coefficient (Wildman–Crippen LogP) is 2.03. The fraction of sp³-hybridized carbons (Fsp3) is 0.286. The molecule has 0 radical (unpaired) electrons. The topological polar surface area (TPSA) is 77.2 Å². The lowest BCUT2D eigenvalue weighted by molar-refractivity contribution is -0.120. The molecule has 2 rings (SSSR count). The first kappa shape index (κ1) is 14.6. The minimum Gasteiger partial charge on any atom is -0.370 e. The number of carbonyl (C=O) groups excluding carboxylic acids is 1. The van der Waals surface area contributed by atoms with Crippen molar-refractivity contribution in [2.24, 2.45) is 5.73 Å². The van der Waals surface area contributed by atoms with Crippen molar-refractivity contribution in [1.82, 2.24) is 4.98 Å². The Labute approximate surface area is 121 Å². The van der Waals surface area contributed by atoms with Crippen LogP contribution in [0.3, 0.4) is 0 Å². The van der Waals surface area contributed by atoms with Gasteiger partial charge < -0.3 is 15.8 Å². The molecule has 0 atom stereocenters. The molecule has 20 heavy (non-hydrogen) atoms. The summed E-state index contributed by atoms with van der Waals surface area (Å²) in [5.41, 5.74) is 8.01. The summed E-state index contributed by atoms with van der Waals surface area (Å²) in [7, 11) is 0. The number of nitrogens with zero attached hydrogens (tertiary/aromatic N) is 1. The zero-order valence-corrected chi connectivity index (χ0v) is 12.1. The molecule has 0 spiro atoms. The van der Waals surface area contributed by atoms with Gasteiger partial charge in [0.2, 0.25) is 5.91 Å². The summed E-state index contributed by atoms with van der Waals surface area (Å²) in [6, 6.07) is 7.57. The molecule has 6 heteroatoms. The first-order valence-corrected chi connectivity index (χ1v) is 7.17. The highest BCUT2D eigenvalue weighted by Gasteiger charge is 2.04. The molecule has 3 N–H and O–H groups in total. The summed E-state index contributed by atoms with van der Waals surface area (Å²) < 4.78 is 5.07. The third-order valence-electron chi connectivity index (χ3n) is 2.58. The van der Waals surface area contributed by atoms with Crippen molar-refractivity contribution < 1.29 is 9.53 Å². The summed E-state index contributed by atoms with van der Waals surface area (Å²) in [6.45, 7) is 2.79. The van der Waals surface area contributed by atoms with Crippen molar-refractivity contribution in [3.05, 3.63) is 34.7 Å². The maximum absolute atomic E-state index is 11.6. The Morgan fingerprint density at radius 3 is 2.75 bits per heavy atom. The Morgan fingerprint density at radius 1 is 1.40 bits per heavy atom. The van der Waals surface area contributed by atoms with E-state index < -0.39 is 0 Å². The van der Waals surface area contributed by atoms with Crippen LogP contribution in [0.25, 0.3) is 11.3 Å². The average Bonchev–Trinajstić information content (AvgIpc) is 2.86. The van der Waals surface area contributed by atoms with Crippen LogP contribution >= 0.6 is 11.3 Å². The van der Waals surface area contributed by atoms with Crippen molar-refractivity contribution in [2.75, 3.05) is 25.1 Å². The van der Waals surface area contributed by atoms with E-state index in [1.165, 1.54) is 0 Å². The molecule has 0 unspecified atom stereocenters. The molecule has 0 bridgehead atoms. The van der Waals surface area contributed by atoms with Gasteiger partial charge in [0.15, 0.2) is 0 Å². The first-order valence-electron chi connectivity index (χ1n) is 6.29. The molecule has 1 aromatic heterocycles. The molecule has 0 fully saturated rings. The molecule has 0 saturated heterocycles. The van der Waals surface area contributed by atoms with Crippen LogP contribution in [-0.2, 0) is 9.53 Å². The highest BCUT2D eigenvalue weighted by molar-refractivity contribution is 7.09. The Hall–Kier alpha value is -1.76. The van der Waals surface area contributed by atoms with E-state index in [0.29, 0.717) is 13.2 Å². The number of aryl methyl sites for hydroxylation is 1. The molecular weight excluding hydrogens is 274 g/mol. The van der Waals surface area contributed by atoms with Gasteiger partial charge in [0.25, 0.3) is 0 Å². The molecule has 5 nitrogen and oxygen atoms in total. The van der Waals surface area contributed by atoms with Crippen LogP contribution in [0, 0.1) is 6.92 Å². The maximum atomic E-state index is 11.6. The fourth-order valence-electron chi connectivity index (χ4n) is 1.67. The Balaban J connectivity index is 1.93. The second kappa shape index (κ2) is 7.14. The van der Waals surface area contributed by atoms with Crippen molar-refractivity contribution in [3.63, 3.8) is 0 Å². The van der Waals surface area contributed by atoms with Gasteiger partial charge in [0.05, 0.1) is 17.3 Å². The number of anilines is 1. The van der Waals surface area contributed by atoms with Crippen molar-refractivity contribution in [3.8, 4) is 11.3 Å². The monoisotopic (exact) mass is 291 g/mol. The number of thiazole rings is 1. The van der Waals surface area contributed by atoms with E-state index in [4.69, 9.17) is 10.5 Å². The van der Waals surface area contributed by atoms with Crippen molar-refractivity contribution in [2.45, 2.75) is 6.92 Å². The fourth-order valence-corrected chi connectivity index (χ4v) is 2.29. The molecule has 1 aromatic carbocycles. The number of hydrogen-bond acceptors (Lipinski definition) is 5. The van der Waals surface area contributed by atoms with Gasteiger partial charge in [-0.25, -0.2) is 4.98 Å². The Kier molecular flexibility index (Phi) is 5.23. The quantitative estimate of drug-likeness (QED) is 0.798. The molecular formula is C14H17N3O2S. The van der Waals surface area contributed by atoms with Gasteiger partial charge in [-0.2, -0.15) is 0 Å². The van der Waals surface area contributed by atoms with Gasteiger partial charge in [-0.3, -0.25) is 4.79 Å². The summed E-state index contributed by atoms with van der Waals surface area (Å²) in [5, 5.41) is 5.82. The number of aromatic nitrogens is 1. The van der Waals surface area contributed by atoms with Gasteiger partial charge in [0.1, 0.15) is 6.61 Å². The highest BCUT2D eigenvalue weighted by Crippen LogP contribution is 2.22. The lowest BCUT2D eigenvalue weighted by atomic mass is 10.1. The van der Waals surface area contributed by atoms with E-state index in [1.54, 1.807) is 11.3 Å². The molecule has 0 saturated carbocycles. The van der Waals surface area contributed by atoms with Gasteiger partial charge >= 0.3 is 0 Å². The van der Waals surface area contributed by atoms with Crippen molar-refractivity contribution in [1.29, 1.82) is 0 Å². The summed E-state index contributed by atoms with van der Waals surface area (Å²) in [4.78, 5) is 16.0. The van der Waals surface area contributed by atoms with Crippen LogP contribution in [-0.4, -0.2) is 30.6 Å². The average molecular weight is 291 g/mol. The van der Waals surface area contributed by atoms with Gasteiger partial charge in [-0.05, 0) is 19.1 Å². The van der Waals surface area contributed by atoms with Crippen molar-refractivity contribution >= 4 is 22.9 Å². The number of nitrogens with two attached hydrogens (primary N) is 1. The third kappa shape index (κ3) is 4.12. The minimum atomic E-state index is -0.185. The second-order valence-corrected chi connectivity index (χ2v) is 5.28. The second-order valence-electron chi connectivity index (χ2n) is 4.22. The normalized spacial score (nSPS) is 10.5. The Bertz CT molecular complexity index is 566. The zero-order chi connectivity index (χ0) is 14.4. The molecule has 1 heterocycles. The van der Waals surface area contributed by atoms with Crippen LogP contribution in [0.4, 0.5) is 5.69 Å². The molecule has 1 amide bonds. The van der Waals surface area contributed by atoms with E-state index in [0.717, 1.165) is 22.0 Å². The van der Waals surface area contributed by atoms with E-state index in [-0.39, 0.29) is 12.5 Å².